The third-order valence-corrected chi connectivity index (χ3v) is 3.47. The summed E-state index contributed by atoms with van der Waals surface area (Å²) in [6.07, 6.45) is 3.88. The van der Waals surface area contributed by atoms with Crippen molar-refractivity contribution in [1.82, 2.24) is 15.3 Å². The average Bonchev–Trinajstić information content (AvgIpc) is 3.13. The summed E-state index contributed by atoms with van der Waals surface area (Å²) in [4.78, 5) is 20.7. The highest BCUT2D eigenvalue weighted by Gasteiger charge is 2.37. The number of nitrogens with one attached hydrogen (secondary N) is 2. The minimum absolute atomic E-state index is 0.166. The van der Waals surface area contributed by atoms with E-state index in [0.717, 1.165) is 12.8 Å². The summed E-state index contributed by atoms with van der Waals surface area (Å²) < 4.78 is 0. The first-order valence-electron chi connectivity index (χ1n) is 6.57. The number of hydrazine groups is 1. The highest BCUT2D eigenvalue weighted by molar-refractivity contribution is 5.97. The molecular weight excluding hydrogens is 242 g/mol. The van der Waals surface area contributed by atoms with Crippen molar-refractivity contribution in [3.63, 3.8) is 0 Å². The molecule has 1 aliphatic carbocycles. The highest BCUT2D eigenvalue weighted by atomic mass is 16.1. The second kappa shape index (κ2) is 5.13. The van der Waals surface area contributed by atoms with Crippen LogP contribution in [0, 0.1) is 5.41 Å². The SMILES string of the molecule is CC(C)c1ncc(NN)c(C(=O)NCC2(C)CC2)n1. The van der Waals surface area contributed by atoms with E-state index in [1.165, 1.54) is 0 Å². The third kappa shape index (κ3) is 3.20. The number of carbonyl (C=O) groups excluding carboxylic acids is 1. The number of nitrogen functional groups attached to an aromatic ring is 1. The summed E-state index contributed by atoms with van der Waals surface area (Å²) in [6.45, 7) is 6.81. The van der Waals surface area contributed by atoms with Gasteiger partial charge in [-0.15, -0.1) is 0 Å². The molecule has 0 aliphatic heterocycles. The lowest BCUT2D eigenvalue weighted by Gasteiger charge is -2.13. The van der Waals surface area contributed by atoms with Crippen LogP contribution in [0.2, 0.25) is 0 Å². The van der Waals surface area contributed by atoms with Crippen LogP contribution in [0.1, 0.15) is 55.8 Å². The van der Waals surface area contributed by atoms with Crippen molar-refractivity contribution in [1.29, 1.82) is 0 Å². The Bertz CT molecular complexity index is 482. The molecule has 4 N–H and O–H groups in total. The molecule has 0 saturated heterocycles. The Morgan fingerprint density at radius 3 is 2.74 bits per heavy atom. The first-order chi connectivity index (χ1) is 8.95. The maximum Gasteiger partial charge on any atom is 0.272 e. The van der Waals surface area contributed by atoms with E-state index in [-0.39, 0.29) is 17.2 Å². The molecule has 1 aromatic heterocycles. The lowest BCUT2D eigenvalue weighted by molar-refractivity contribution is 0.0941. The zero-order valence-corrected chi connectivity index (χ0v) is 11.7. The van der Waals surface area contributed by atoms with Gasteiger partial charge in [-0.25, -0.2) is 9.97 Å². The highest BCUT2D eigenvalue weighted by Crippen LogP contribution is 2.44. The van der Waals surface area contributed by atoms with Crippen LogP contribution in [0.3, 0.4) is 0 Å². The van der Waals surface area contributed by atoms with Crippen LogP contribution in [-0.2, 0) is 0 Å². The van der Waals surface area contributed by atoms with E-state index >= 15 is 0 Å². The van der Waals surface area contributed by atoms with Crippen molar-refractivity contribution in [3.8, 4) is 0 Å². The Morgan fingerprint density at radius 2 is 2.21 bits per heavy atom. The number of carbonyl (C=O) groups is 1. The molecule has 19 heavy (non-hydrogen) atoms. The van der Waals surface area contributed by atoms with Crippen LogP contribution in [0.15, 0.2) is 6.20 Å². The van der Waals surface area contributed by atoms with Crippen molar-refractivity contribution in [2.45, 2.75) is 39.5 Å². The van der Waals surface area contributed by atoms with Gasteiger partial charge in [0.2, 0.25) is 0 Å². The number of anilines is 1. The predicted molar refractivity (Wildman–Crippen MR) is 73.6 cm³/mol. The predicted octanol–water partition coefficient (Wildman–Crippen LogP) is 1.42. The van der Waals surface area contributed by atoms with Crippen molar-refractivity contribution in [3.05, 3.63) is 17.7 Å². The fourth-order valence-corrected chi connectivity index (χ4v) is 1.72. The standard InChI is InChI=1S/C13H21N5O/c1-8(2)11-15-6-9(18-14)10(17-11)12(19)16-7-13(3)4-5-13/h6,8,18H,4-5,7,14H2,1-3H3,(H,16,19). The van der Waals surface area contributed by atoms with Crippen LogP contribution < -0.4 is 16.6 Å². The van der Waals surface area contributed by atoms with Crippen LogP contribution in [0.5, 0.6) is 0 Å². The van der Waals surface area contributed by atoms with E-state index in [1.807, 2.05) is 13.8 Å². The summed E-state index contributed by atoms with van der Waals surface area (Å²) in [5.41, 5.74) is 3.49. The number of nitrogens with two attached hydrogens (primary N) is 1. The average molecular weight is 263 g/mol. The van der Waals surface area contributed by atoms with E-state index in [4.69, 9.17) is 5.84 Å². The van der Waals surface area contributed by atoms with Crippen LogP contribution >= 0.6 is 0 Å². The number of nitrogens with zero attached hydrogens (tertiary/aromatic N) is 2. The Morgan fingerprint density at radius 1 is 1.53 bits per heavy atom. The second-order valence-electron chi connectivity index (χ2n) is 5.78. The van der Waals surface area contributed by atoms with Gasteiger partial charge in [-0.2, -0.15) is 0 Å². The quantitative estimate of drug-likeness (QED) is 0.552. The van der Waals surface area contributed by atoms with Gasteiger partial charge in [0, 0.05) is 12.5 Å². The van der Waals surface area contributed by atoms with E-state index in [1.54, 1.807) is 6.20 Å². The van der Waals surface area contributed by atoms with Crippen LogP contribution in [0.4, 0.5) is 5.69 Å². The molecule has 1 aromatic rings. The Balaban J connectivity index is 2.15. The zero-order valence-electron chi connectivity index (χ0n) is 11.7. The first kappa shape index (κ1) is 13.7. The lowest BCUT2D eigenvalue weighted by atomic mass is 10.1. The number of hydrogen-bond acceptors (Lipinski definition) is 5. The molecule has 0 atom stereocenters. The Labute approximate surface area is 113 Å². The van der Waals surface area contributed by atoms with E-state index in [2.05, 4.69) is 27.6 Å². The fraction of sp³-hybridized carbons (Fsp3) is 0.615. The molecule has 1 aliphatic rings. The smallest absolute Gasteiger partial charge is 0.272 e. The van der Waals surface area contributed by atoms with Crippen molar-refractivity contribution in [2.75, 3.05) is 12.0 Å². The molecule has 6 nitrogen and oxygen atoms in total. The van der Waals surface area contributed by atoms with Gasteiger partial charge in [-0.3, -0.25) is 10.6 Å². The molecule has 1 saturated carbocycles. The molecule has 0 spiro atoms. The van der Waals surface area contributed by atoms with E-state index < -0.39 is 0 Å². The molecule has 0 unspecified atom stereocenters. The molecule has 0 radical (unpaired) electrons. The molecule has 0 bridgehead atoms. The monoisotopic (exact) mass is 263 g/mol. The topological polar surface area (TPSA) is 92.9 Å². The maximum absolute atomic E-state index is 12.2. The summed E-state index contributed by atoms with van der Waals surface area (Å²) in [7, 11) is 0. The van der Waals surface area contributed by atoms with Gasteiger partial charge in [0.1, 0.15) is 5.82 Å². The number of amides is 1. The molecule has 1 heterocycles. The van der Waals surface area contributed by atoms with Crippen LogP contribution in [-0.4, -0.2) is 22.4 Å². The summed E-state index contributed by atoms with van der Waals surface area (Å²) in [6, 6.07) is 0. The van der Waals surface area contributed by atoms with Gasteiger partial charge in [-0.1, -0.05) is 20.8 Å². The fourth-order valence-electron chi connectivity index (χ4n) is 1.72. The molecule has 1 fully saturated rings. The van der Waals surface area contributed by atoms with Crippen molar-refractivity contribution < 1.29 is 4.79 Å². The largest absolute Gasteiger partial charge is 0.350 e. The Hall–Kier alpha value is -1.69. The van der Waals surface area contributed by atoms with Crippen molar-refractivity contribution in [2.24, 2.45) is 11.3 Å². The molecule has 0 aromatic carbocycles. The van der Waals surface area contributed by atoms with Gasteiger partial charge in [0.15, 0.2) is 5.69 Å². The third-order valence-electron chi connectivity index (χ3n) is 3.47. The summed E-state index contributed by atoms with van der Waals surface area (Å²) >= 11 is 0. The van der Waals surface area contributed by atoms with Gasteiger partial charge >= 0.3 is 0 Å². The maximum atomic E-state index is 12.2. The van der Waals surface area contributed by atoms with Gasteiger partial charge < -0.3 is 10.7 Å². The molecule has 1 amide bonds. The van der Waals surface area contributed by atoms with E-state index in [0.29, 0.717) is 23.8 Å². The molecular formula is C13H21N5O. The van der Waals surface area contributed by atoms with E-state index in [9.17, 15) is 4.79 Å². The van der Waals surface area contributed by atoms with Gasteiger partial charge in [0.05, 0.1) is 11.9 Å². The molecule has 104 valence electrons. The van der Waals surface area contributed by atoms with Gasteiger partial charge in [0.25, 0.3) is 5.91 Å². The number of hydrogen-bond donors (Lipinski definition) is 3. The molecule has 6 heteroatoms. The molecule has 2 rings (SSSR count). The first-order valence-corrected chi connectivity index (χ1v) is 6.57. The summed E-state index contributed by atoms with van der Waals surface area (Å²) in [5.74, 6) is 6.00. The van der Waals surface area contributed by atoms with Crippen molar-refractivity contribution >= 4 is 11.6 Å². The second-order valence-corrected chi connectivity index (χ2v) is 5.78. The Kier molecular flexibility index (Phi) is 3.71. The van der Waals surface area contributed by atoms with Crippen LogP contribution in [0.25, 0.3) is 0 Å². The number of rotatable bonds is 5. The normalized spacial score (nSPS) is 16.3. The lowest BCUT2D eigenvalue weighted by Crippen LogP contribution is -2.31. The summed E-state index contributed by atoms with van der Waals surface area (Å²) in [5, 5.41) is 2.92. The number of aromatic nitrogens is 2. The minimum Gasteiger partial charge on any atom is -0.350 e. The van der Waals surface area contributed by atoms with Gasteiger partial charge in [-0.05, 0) is 18.3 Å². The zero-order chi connectivity index (χ0) is 14.0. The minimum atomic E-state index is -0.203.